The van der Waals surface area contributed by atoms with Crippen LogP contribution in [0, 0.1) is 0 Å². The molecular formula is C7H9N3O2. The molecule has 0 aromatic carbocycles. The maximum atomic E-state index is 10.2. The van der Waals surface area contributed by atoms with Gasteiger partial charge in [0.1, 0.15) is 0 Å². The first kappa shape index (κ1) is 7.15. The van der Waals surface area contributed by atoms with Crippen molar-refractivity contribution in [1.82, 2.24) is 9.78 Å². The van der Waals surface area contributed by atoms with Crippen LogP contribution in [0.2, 0.25) is 0 Å². The standard InChI is InChI=1S/C7H9N3O2/c11-7(12)8-6-3-4-10(9-6)5-1-2-5/h3-5H,1-2H2,(H,8,9)(H,11,12). The van der Waals surface area contributed by atoms with Gasteiger partial charge >= 0.3 is 6.09 Å². The molecule has 0 unspecified atom stereocenters. The van der Waals surface area contributed by atoms with E-state index in [4.69, 9.17) is 5.11 Å². The first-order chi connectivity index (χ1) is 5.75. The van der Waals surface area contributed by atoms with Gasteiger partial charge in [0.15, 0.2) is 5.82 Å². The number of nitrogens with one attached hydrogen (secondary N) is 1. The summed E-state index contributed by atoms with van der Waals surface area (Å²) in [5, 5.41) is 14.6. The van der Waals surface area contributed by atoms with Gasteiger partial charge in [-0.2, -0.15) is 5.10 Å². The first-order valence-electron chi connectivity index (χ1n) is 3.81. The number of nitrogens with zero attached hydrogens (tertiary/aromatic N) is 2. The van der Waals surface area contributed by atoms with Gasteiger partial charge in [0.25, 0.3) is 0 Å². The quantitative estimate of drug-likeness (QED) is 0.697. The van der Waals surface area contributed by atoms with Crippen molar-refractivity contribution in [1.29, 1.82) is 0 Å². The largest absolute Gasteiger partial charge is 0.465 e. The molecule has 1 heterocycles. The molecule has 1 amide bonds. The zero-order valence-electron chi connectivity index (χ0n) is 6.40. The Hall–Kier alpha value is -1.52. The second-order valence-corrected chi connectivity index (χ2v) is 2.84. The highest BCUT2D eigenvalue weighted by atomic mass is 16.4. The Labute approximate surface area is 69.0 Å². The molecule has 0 saturated heterocycles. The van der Waals surface area contributed by atoms with E-state index < -0.39 is 6.09 Å². The Kier molecular flexibility index (Phi) is 1.49. The van der Waals surface area contributed by atoms with Crippen molar-refractivity contribution in [2.45, 2.75) is 18.9 Å². The van der Waals surface area contributed by atoms with Gasteiger partial charge in [0.2, 0.25) is 0 Å². The van der Waals surface area contributed by atoms with Gasteiger partial charge in [-0.15, -0.1) is 0 Å². The van der Waals surface area contributed by atoms with Crippen molar-refractivity contribution in [3.63, 3.8) is 0 Å². The fraction of sp³-hybridized carbons (Fsp3) is 0.429. The summed E-state index contributed by atoms with van der Waals surface area (Å²) < 4.78 is 1.80. The SMILES string of the molecule is O=C(O)Nc1ccn(C2CC2)n1. The molecule has 1 aromatic heterocycles. The number of carbonyl (C=O) groups is 1. The molecule has 1 aliphatic carbocycles. The summed E-state index contributed by atoms with van der Waals surface area (Å²) in [6.45, 7) is 0. The van der Waals surface area contributed by atoms with Gasteiger partial charge in [-0.1, -0.05) is 0 Å². The van der Waals surface area contributed by atoms with E-state index in [2.05, 4.69) is 10.4 Å². The molecule has 0 atom stereocenters. The van der Waals surface area contributed by atoms with E-state index in [1.807, 2.05) is 0 Å². The third-order valence-corrected chi connectivity index (χ3v) is 1.76. The number of rotatable bonds is 2. The van der Waals surface area contributed by atoms with Crippen molar-refractivity contribution < 1.29 is 9.90 Å². The second kappa shape index (κ2) is 2.51. The molecule has 0 bridgehead atoms. The van der Waals surface area contributed by atoms with E-state index >= 15 is 0 Å². The van der Waals surface area contributed by atoms with Gasteiger partial charge in [0.05, 0.1) is 6.04 Å². The summed E-state index contributed by atoms with van der Waals surface area (Å²) in [5.41, 5.74) is 0. The van der Waals surface area contributed by atoms with E-state index in [1.54, 1.807) is 16.9 Å². The third kappa shape index (κ3) is 1.39. The van der Waals surface area contributed by atoms with Crippen molar-refractivity contribution in [2.24, 2.45) is 0 Å². The molecule has 1 fully saturated rings. The van der Waals surface area contributed by atoms with Gasteiger partial charge in [0, 0.05) is 12.3 Å². The molecule has 5 heteroatoms. The average Bonchev–Trinajstić information content (AvgIpc) is 2.73. The van der Waals surface area contributed by atoms with Crippen LogP contribution in [0.3, 0.4) is 0 Å². The van der Waals surface area contributed by atoms with Crippen LogP contribution in [0.5, 0.6) is 0 Å². The van der Waals surface area contributed by atoms with Crippen molar-refractivity contribution >= 4 is 11.9 Å². The zero-order chi connectivity index (χ0) is 8.55. The van der Waals surface area contributed by atoms with E-state index in [-0.39, 0.29) is 0 Å². The van der Waals surface area contributed by atoms with Crippen LogP contribution in [0.1, 0.15) is 18.9 Å². The van der Waals surface area contributed by atoms with Crippen LogP contribution >= 0.6 is 0 Å². The lowest BCUT2D eigenvalue weighted by Crippen LogP contribution is -2.08. The van der Waals surface area contributed by atoms with Crippen LogP contribution in [0.15, 0.2) is 12.3 Å². The first-order valence-corrected chi connectivity index (χ1v) is 3.81. The molecule has 5 nitrogen and oxygen atoms in total. The Morgan fingerprint density at radius 2 is 2.50 bits per heavy atom. The number of anilines is 1. The van der Waals surface area contributed by atoms with Crippen LogP contribution < -0.4 is 5.32 Å². The van der Waals surface area contributed by atoms with Crippen LogP contribution in [0.25, 0.3) is 0 Å². The molecule has 0 spiro atoms. The molecule has 0 radical (unpaired) electrons. The molecule has 12 heavy (non-hydrogen) atoms. The highest BCUT2D eigenvalue weighted by Gasteiger charge is 2.24. The second-order valence-electron chi connectivity index (χ2n) is 2.84. The van der Waals surface area contributed by atoms with Gasteiger partial charge in [-0.3, -0.25) is 10.00 Å². The molecule has 2 N–H and O–H groups in total. The van der Waals surface area contributed by atoms with Crippen LogP contribution in [-0.4, -0.2) is 21.0 Å². The summed E-state index contributed by atoms with van der Waals surface area (Å²) in [4.78, 5) is 10.2. The van der Waals surface area contributed by atoms with Crippen molar-refractivity contribution in [2.75, 3.05) is 5.32 Å². The maximum Gasteiger partial charge on any atom is 0.410 e. The van der Waals surface area contributed by atoms with Crippen molar-refractivity contribution in [3.05, 3.63) is 12.3 Å². The lowest BCUT2D eigenvalue weighted by molar-refractivity contribution is 0.209. The molecular weight excluding hydrogens is 158 g/mol. The number of hydrogen-bond acceptors (Lipinski definition) is 2. The van der Waals surface area contributed by atoms with Crippen molar-refractivity contribution in [3.8, 4) is 0 Å². The van der Waals surface area contributed by atoms with Crippen LogP contribution in [-0.2, 0) is 0 Å². The Bertz CT molecular complexity index is 303. The Morgan fingerprint density at radius 1 is 1.75 bits per heavy atom. The topological polar surface area (TPSA) is 67.2 Å². The summed E-state index contributed by atoms with van der Waals surface area (Å²) in [5.74, 6) is 0.398. The van der Waals surface area contributed by atoms with E-state index in [0.29, 0.717) is 11.9 Å². The monoisotopic (exact) mass is 167 g/mol. The predicted octanol–water partition coefficient (Wildman–Crippen LogP) is 1.31. The lowest BCUT2D eigenvalue weighted by atomic mass is 10.6. The zero-order valence-corrected chi connectivity index (χ0v) is 6.40. The van der Waals surface area contributed by atoms with E-state index in [0.717, 1.165) is 12.8 Å². The summed E-state index contributed by atoms with van der Waals surface area (Å²) in [6.07, 6.45) is 3.02. The number of carboxylic acid groups (broad SMARTS) is 1. The average molecular weight is 167 g/mol. The number of hydrogen-bond donors (Lipinski definition) is 2. The fourth-order valence-electron chi connectivity index (χ4n) is 1.06. The highest BCUT2D eigenvalue weighted by Crippen LogP contribution is 2.34. The Morgan fingerprint density at radius 3 is 3.08 bits per heavy atom. The van der Waals surface area contributed by atoms with Gasteiger partial charge in [-0.05, 0) is 12.8 Å². The number of amides is 1. The van der Waals surface area contributed by atoms with Gasteiger partial charge < -0.3 is 5.11 Å². The third-order valence-electron chi connectivity index (χ3n) is 1.76. The minimum atomic E-state index is -1.07. The summed E-state index contributed by atoms with van der Waals surface area (Å²) in [7, 11) is 0. The minimum absolute atomic E-state index is 0.398. The molecule has 1 aliphatic rings. The highest BCUT2D eigenvalue weighted by molar-refractivity contribution is 5.81. The lowest BCUT2D eigenvalue weighted by Gasteiger charge is -1.95. The Balaban J connectivity index is 2.07. The molecule has 0 aliphatic heterocycles. The molecule has 2 rings (SSSR count). The summed E-state index contributed by atoms with van der Waals surface area (Å²) >= 11 is 0. The fourth-order valence-corrected chi connectivity index (χ4v) is 1.06. The van der Waals surface area contributed by atoms with E-state index in [9.17, 15) is 4.79 Å². The normalized spacial score (nSPS) is 16.0. The maximum absolute atomic E-state index is 10.2. The molecule has 1 aromatic rings. The molecule has 64 valence electrons. The number of aromatic nitrogens is 2. The minimum Gasteiger partial charge on any atom is -0.465 e. The van der Waals surface area contributed by atoms with Crippen LogP contribution in [0.4, 0.5) is 10.6 Å². The van der Waals surface area contributed by atoms with Gasteiger partial charge in [-0.25, -0.2) is 4.79 Å². The predicted molar refractivity (Wildman–Crippen MR) is 42.1 cm³/mol. The summed E-state index contributed by atoms with van der Waals surface area (Å²) in [6, 6.07) is 2.15. The van der Waals surface area contributed by atoms with E-state index in [1.165, 1.54) is 0 Å². The molecule has 1 saturated carbocycles. The smallest absolute Gasteiger partial charge is 0.410 e.